The van der Waals surface area contributed by atoms with Crippen molar-refractivity contribution >= 4 is 5.91 Å². The zero-order chi connectivity index (χ0) is 15.4. The Bertz CT molecular complexity index is 295. The van der Waals surface area contributed by atoms with Crippen molar-refractivity contribution in [1.29, 1.82) is 0 Å². The summed E-state index contributed by atoms with van der Waals surface area (Å²) in [6.45, 7) is 12.7. The van der Waals surface area contributed by atoms with Gasteiger partial charge in [0.1, 0.15) is 19.7 Å². The van der Waals surface area contributed by atoms with Crippen LogP contribution in [0.1, 0.15) is 26.7 Å². The number of quaternary nitrogens is 1. The van der Waals surface area contributed by atoms with E-state index in [0.717, 1.165) is 49.3 Å². The summed E-state index contributed by atoms with van der Waals surface area (Å²) in [6, 6.07) is 0. The first kappa shape index (κ1) is 18.9. The van der Waals surface area contributed by atoms with Crippen LogP contribution in [0.5, 0.6) is 0 Å². The largest absolute Gasteiger partial charge is 0.493 e. The number of hydrogen-bond acceptors (Lipinski definition) is 3. The Morgan fingerprint density at radius 2 is 1.95 bits per heavy atom. The van der Waals surface area contributed by atoms with Crippen molar-refractivity contribution in [1.82, 2.24) is 5.32 Å². The number of nitrogens with zero attached hydrogens (tertiary/aromatic N) is 1. The van der Waals surface area contributed by atoms with Gasteiger partial charge in [0.2, 0.25) is 5.91 Å². The van der Waals surface area contributed by atoms with Gasteiger partial charge in [-0.1, -0.05) is 6.58 Å². The third-order valence-corrected chi connectivity index (χ3v) is 3.54. The predicted molar refractivity (Wildman–Crippen MR) is 81.3 cm³/mol. The molecule has 1 amide bonds. The van der Waals surface area contributed by atoms with Gasteiger partial charge in [-0.2, -0.15) is 0 Å². The summed E-state index contributed by atoms with van der Waals surface area (Å²) in [5.41, 5.74) is 0. The quantitative estimate of drug-likeness (QED) is 0.336. The number of carbonyl (C=O) groups is 1. The molecule has 0 aromatic carbocycles. The van der Waals surface area contributed by atoms with Crippen molar-refractivity contribution < 1.29 is 18.8 Å². The summed E-state index contributed by atoms with van der Waals surface area (Å²) < 4.78 is 11.7. The third-order valence-electron chi connectivity index (χ3n) is 3.54. The van der Waals surface area contributed by atoms with Crippen LogP contribution in [0, 0.1) is 0 Å². The summed E-state index contributed by atoms with van der Waals surface area (Å²) in [5, 5.41) is 2.76. The van der Waals surface area contributed by atoms with E-state index >= 15 is 0 Å². The lowest BCUT2D eigenvalue weighted by molar-refractivity contribution is -0.908. The number of methoxy groups -OCH3 is 1. The summed E-state index contributed by atoms with van der Waals surface area (Å²) in [4.78, 5) is 10.7. The van der Waals surface area contributed by atoms with E-state index in [1.54, 1.807) is 7.11 Å². The highest BCUT2D eigenvalue weighted by Gasteiger charge is 2.18. The molecule has 0 bridgehead atoms. The fraction of sp³-hybridized carbons (Fsp3) is 0.800. The molecule has 0 aliphatic carbocycles. The van der Waals surface area contributed by atoms with Crippen LogP contribution in [0.25, 0.3) is 0 Å². The maximum atomic E-state index is 10.7. The number of likely N-dealkylation sites (N-methyl/N-ethyl adjacent to an activating group) is 1. The maximum Gasteiger partial charge on any atom is 0.216 e. The molecule has 1 atom stereocenters. The molecule has 118 valence electrons. The molecule has 0 saturated carbocycles. The lowest BCUT2D eigenvalue weighted by Gasteiger charge is -2.33. The fourth-order valence-corrected chi connectivity index (χ4v) is 1.77. The minimum atomic E-state index is 0.00526. The van der Waals surface area contributed by atoms with Crippen LogP contribution < -0.4 is 5.32 Å². The monoisotopic (exact) mass is 287 g/mol. The van der Waals surface area contributed by atoms with Crippen LogP contribution in [0.3, 0.4) is 0 Å². The molecule has 0 fully saturated rings. The van der Waals surface area contributed by atoms with E-state index in [9.17, 15) is 4.79 Å². The van der Waals surface area contributed by atoms with Crippen LogP contribution >= 0.6 is 0 Å². The van der Waals surface area contributed by atoms with E-state index in [4.69, 9.17) is 9.47 Å². The van der Waals surface area contributed by atoms with Gasteiger partial charge in [-0.25, -0.2) is 0 Å². The van der Waals surface area contributed by atoms with Crippen molar-refractivity contribution in [2.24, 2.45) is 0 Å². The standard InChI is InChI=1S/C15H30N2O3/c1-6-17(4,10-12-19-5)11-13-20-14(2)8-7-9-16-15(3)18/h2,6-13H2,1,3-5H3/p+1. The molecule has 5 heteroatoms. The first-order chi connectivity index (χ1) is 9.43. The van der Waals surface area contributed by atoms with Crippen molar-refractivity contribution in [3.8, 4) is 0 Å². The Balaban J connectivity index is 3.75. The summed E-state index contributed by atoms with van der Waals surface area (Å²) in [5.74, 6) is 0.801. The van der Waals surface area contributed by atoms with Gasteiger partial charge < -0.3 is 19.3 Å². The predicted octanol–water partition coefficient (Wildman–Crippen LogP) is 1.55. The van der Waals surface area contributed by atoms with Crippen molar-refractivity contribution in [2.75, 3.05) is 53.6 Å². The summed E-state index contributed by atoms with van der Waals surface area (Å²) in [6.07, 6.45) is 1.65. The number of amides is 1. The van der Waals surface area contributed by atoms with E-state index in [1.165, 1.54) is 6.92 Å². The van der Waals surface area contributed by atoms with Gasteiger partial charge in [0.15, 0.2) is 0 Å². The van der Waals surface area contributed by atoms with E-state index < -0.39 is 0 Å². The van der Waals surface area contributed by atoms with Gasteiger partial charge in [-0.15, -0.1) is 0 Å². The van der Waals surface area contributed by atoms with E-state index in [0.29, 0.717) is 13.2 Å². The number of hydrogen-bond donors (Lipinski definition) is 1. The Labute approximate surface area is 123 Å². The molecular weight excluding hydrogens is 256 g/mol. The van der Waals surface area contributed by atoms with Crippen molar-refractivity contribution in [2.45, 2.75) is 26.7 Å². The first-order valence-corrected chi connectivity index (χ1v) is 7.31. The molecule has 0 aromatic heterocycles. The highest BCUT2D eigenvalue weighted by molar-refractivity contribution is 5.72. The molecule has 0 aliphatic rings. The van der Waals surface area contributed by atoms with Crippen molar-refractivity contribution in [3.05, 3.63) is 12.3 Å². The van der Waals surface area contributed by atoms with Gasteiger partial charge in [0.25, 0.3) is 0 Å². The molecule has 1 unspecified atom stereocenters. The highest BCUT2D eigenvalue weighted by atomic mass is 16.5. The van der Waals surface area contributed by atoms with Crippen molar-refractivity contribution in [3.63, 3.8) is 0 Å². The molecule has 0 spiro atoms. The molecular formula is C15H31N2O3+. The molecule has 5 nitrogen and oxygen atoms in total. The van der Waals surface area contributed by atoms with E-state index in [-0.39, 0.29) is 5.91 Å². The minimum absolute atomic E-state index is 0.00526. The summed E-state index contributed by atoms with van der Waals surface area (Å²) in [7, 11) is 3.94. The fourth-order valence-electron chi connectivity index (χ4n) is 1.77. The van der Waals surface area contributed by atoms with Crippen LogP contribution in [-0.4, -0.2) is 63.9 Å². The molecule has 0 heterocycles. The lowest BCUT2D eigenvalue weighted by atomic mass is 10.3. The summed E-state index contributed by atoms with van der Waals surface area (Å²) >= 11 is 0. The number of rotatable bonds is 12. The number of ether oxygens (including phenoxy) is 2. The van der Waals surface area contributed by atoms with Crippen LogP contribution in [-0.2, 0) is 14.3 Å². The second-order valence-electron chi connectivity index (χ2n) is 5.35. The molecule has 1 N–H and O–H groups in total. The second-order valence-corrected chi connectivity index (χ2v) is 5.35. The Morgan fingerprint density at radius 3 is 2.50 bits per heavy atom. The average Bonchev–Trinajstić information content (AvgIpc) is 2.41. The number of allylic oxidation sites excluding steroid dienone is 1. The zero-order valence-corrected chi connectivity index (χ0v) is 13.5. The molecule has 0 saturated heterocycles. The SMILES string of the molecule is C=C(CCCNC(C)=O)OCC[N+](C)(CC)CCOC. The normalized spacial score (nSPS) is 13.6. The second kappa shape index (κ2) is 10.7. The van der Waals surface area contributed by atoms with Gasteiger partial charge in [-0.3, -0.25) is 4.79 Å². The zero-order valence-electron chi connectivity index (χ0n) is 13.5. The Kier molecular flexibility index (Phi) is 10.1. The lowest BCUT2D eigenvalue weighted by Crippen LogP contribution is -2.48. The first-order valence-electron chi connectivity index (χ1n) is 7.31. The topological polar surface area (TPSA) is 47.6 Å². The average molecular weight is 287 g/mol. The minimum Gasteiger partial charge on any atom is -0.493 e. The van der Waals surface area contributed by atoms with E-state index in [2.05, 4.69) is 25.9 Å². The molecule has 20 heavy (non-hydrogen) atoms. The van der Waals surface area contributed by atoms with Crippen LogP contribution in [0.2, 0.25) is 0 Å². The van der Waals surface area contributed by atoms with Gasteiger partial charge in [0.05, 0.1) is 26.0 Å². The number of carbonyl (C=O) groups excluding carboxylic acids is 1. The molecule has 0 radical (unpaired) electrons. The highest BCUT2D eigenvalue weighted by Crippen LogP contribution is 2.06. The van der Waals surface area contributed by atoms with Gasteiger partial charge >= 0.3 is 0 Å². The van der Waals surface area contributed by atoms with Crippen LogP contribution in [0.15, 0.2) is 12.3 Å². The molecule has 0 rings (SSSR count). The molecule has 0 aromatic rings. The number of nitrogens with one attached hydrogen (secondary N) is 1. The smallest absolute Gasteiger partial charge is 0.216 e. The van der Waals surface area contributed by atoms with E-state index in [1.807, 2.05) is 0 Å². The molecule has 0 aliphatic heterocycles. The van der Waals surface area contributed by atoms with Crippen LogP contribution in [0.4, 0.5) is 0 Å². The van der Waals surface area contributed by atoms with Gasteiger partial charge in [-0.05, 0) is 13.3 Å². The van der Waals surface area contributed by atoms with Gasteiger partial charge in [0, 0.05) is 27.0 Å². The Hall–Kier alpha value is -1.07. The third kappa shape index (κ3) is 9.81. The Morgan fingerprint density at radius 1 is 1.30 bits per heavy atom. The maximum absolute atomic E-state index is 10.7.